The largest absolute Gasteiger partial charge is 0.506 e. The second-order valence-corrected chi connectivity index (χ2v) is 20.8. The van der Waals surface area contributed by atoms with Crippen LogP contribution in [0.2, 0.25) is 0 Å². The van der Waals surface area contributed by atoms with Gasteiger partial charge in [-0.15, -0.1) is 0 Å². The molecule has 12 N–H and O–H groups in total. The molecule has 8 aromatic rings. The minimum Gasteiger partial charge on any atom is -0.506 e. The van der Waals surface area contributed by atoms with E-state index in [2.05, 4.69) is 61.8 Å². The highest BCUT2D eigenvalue weighted by Crippen LogP contribution is 2.32. The molecule has 0 aliphatic carbocycles. The van der Waals surface area contributed by atoms with Crippen LogP contribution in [0.25, 0.3) is 12.2 Å². The van der Waals surface area contributed by atoms with Crippen LogP contribution >= 0.6 is 0 Å². The highest BCUT2D eigenvalue weighted by atomic mass is 32.2. The number of para-hydroxylation sites is 4. The van der Waals surface area contributed by atoms with Crippen molar-refractivity contribution in [2.45, 2.75) is 19.6 Å². The zero-order valence-electron chi connectivity index (χ0n) is 37.1. The van der Waals surface area contributed by atoms with Crippen LogP contribution in [0.4, 0.5) is 69.8 Å². The number of aromatic nitrogens is 6. The SMILES string of the molecule is O=S(=O)(O)c1cccc(Nc2nc(Nc3ccc(/C=C/c4ccc(Nc5nc(Nc6cccc(S(=O)(=O)O)c6)nc(Nc6ccccc6O)n5)cc4S(=O)(=O)O)c(S(=O)(=O)O)c3)nc(Nc3ccccc3O)n2)c1. The van der Waals surface area contributed by atoms with Gasteiger partial charge in [0, 0.05) is 22.7 Å². The van der Waals surface area contributed by atoms with E-state index in [1.54, 1.807) is 24.3 Å². The van der Waals surface area contributed by atoms with Gasteiger partial charge in [-0.1, -0.05) is 60.7 Å². The number of anilines is 12. The molecule has 0 unspecified atom stereocenters. The van der Waals surface area contributed by atoms with Crippen molar-refractivity contribution in [2.24, 2.45) is 0 Å². The van der Waals surface area contributed by atoms with Crippen molar-refractivity contribution in [2.75, 3.05) is 31.9 Å². The van der Waals surface area contributed by atoms with E-state index in [-0.39, 0.29) is 92.4 Å². The van der Waals surface area contributed by atoms with Gasteiger partial charge in [0.05, 0.1) is 21.2 Å². The summed E-state index contributed by atoms with van der Waals surface area (Å²) >= 11 is 0. The highest BCUT2D eigenvalue weighted by molar-refractivity contribution is 7.86. The Bertz CT molecular complexity index is 3730. The fourth-order valence-corrected chi connectivity index (χ4v) is 9.07. The third-order valence-electron chi connectivity index (χ3n) is 9.89. The zero-order chi connectivity index (χ0) is 53.0. The molecule has 30 heteroatoms. The van der Waals surface area contributed by atoms with Gasteiger partial charge in [0.2, 0.25) is 35.7 Å². The summed E-state index contributed by atoms with van der Waals surface area (Å²) in [7, 11) is -19.3. The maximum atomic E-state index is 12.8. The predicted molar refractivity (Wildman–Crippen MR) is 270 cm³/mol. The van der Waals surface area contributed by atoms with Gasteiger partial charge in [-0.25, -0.2) is 0 Å². The maximum Gasteiger partial charge on any atom is 0.295 e. The highest BCUT2D eigenvalue weighted by Gasteiger charge is 2.20. The van der Waals surface area contributed by atoms with Crippen LogP contribution in [-0.4, -0.2) is 92.0 Å². The molecule has 74 heavy (non-hydrogen) atoms. The third kappa shape index (κ3) is 13.1. The van der Waals surface area contributed by atoms with Crippen molar-refractivity contribution in [3.05, 3.63) is 145 Å². The normalized spacial score (nSPS) is 12.0. The van der Waals surface area contributed by atoms with Crippen LogP contribution in [0.5, 0.6) is 11.5 Å². The standard InChI is InChI=1S/C44H36N12O14S4/c57-35-13-3-1-11-33(35)49-43-53-39(45-27-7-5-9-31(21-27)71(59,60)61)51-41(55-43)47-29-19-17-25(37(23-29)73(65,66)67)15-16-26-18-20-30(24-38(26)74(68,69)70)48-42-52-40(46-28-8-6-10-32(22-28)72(62,63)64)54-44(56-42)50-34-12-2-4-14-36(34)58/h1-24,57-58H,(H,59,60,61)(H,62,63,64)(H,65,66,67)(H,68,69,70)(H3,45,47,49,51,53,55)(H3,46,48,50,52,54,56)/b16-15+. The van der Waals surface area contributed by atoms with E-state index < -0.39 is 60.1 Å². The Kier molecular flexibility index (Phi) is 14.4. The van der Waals surface area contributed by atoms with Gasteiger partial charge in [0.1, 0.15) is 21.3 Å². The van der Waals surface area contributed by atoms with Gasteiger partial charge in [-0.2, -0.15) is 63.6 Å². The first-order valence-electron chi connectivity index (χ1n) is 20.7. The lowest BCUT2D eigenvalue weighted by Crippen LogP contribution is -2.09. The van der Waals surface area contributed by atoms with Crippen LogP contribution in [0, 0.1) is 0 Å². The first-order chi connectivity index (χ1) is 34.9. The summed E-state index contributed by atoms with van der Waals surface area (Å²) in [5.74, 6) is -1.62. The van der Waals surface area contributed by atoms with Crippen molar-refractivity contribution < 1.29 is 62.1 Å². The number of phenolic OH excluding ortho intramolecular Hbond substituents is 2. The molecule has 0 saturated carbocycles. The van der Waals surface area contributed by atoms with E-state index in [1.807, 2.05) is 0 Å². The quantitative estimate of drug-likeness (QED) is 0.0232. The molecular weight excluding hydrogens is 1050 g/mol. The summed E-state index contributed by atoms with van der Waals surface area (Å²) in [4.78, 5) is 23.3. The lowest BCUT2D eigenvalue weighted by Gasteiger charge is -2.13. The Hall–Kier alpha value is -8.88. The van der Waals surface area contributed by atoms with E-state index in [4.69, 9.17) is 0 Å². The van der Waals surface area contributed by atoms with Crippen LogP contribution in [0.1, 0.15) is 11.1 Å². The summed E-state index contributed by atoms with van der Waals surface area (Å²) in [5.41, 5.74) is 0.179. The number of phenols is 2. The Balaban J connectivity index is 1.09. The summed E-state index contributed by atoms with van der Waals surface area (Å²) < 4.78 is 138. The van der Waals surface area contributed by atoms with Gasteiger partial charge in [0.25, 0.3) is 40.5 Å². The average Bonchev–Trinajstić information content (AvgIpc) is 3.32. The number of nitrogens with zero attached hydrogens (tertiary/aromatic N) is 6. The van der Waals surface area contributed by atoms with Gasteiger partial charge < -0.3 is 42.1 Å². The number of rotatable bonds is 18. The van der Waals surface area contributed by atoms with E-state index in [9.17, 15) is 62.1 Å². The molecule has 0 aliphatic rings. The monoisotopic (exact) mass is 1080 g/mol. The molecule has 0 saturated heterocycles. The summed E-state index contributed by atoms with van der Waals surface area (Å²) in [5, 5.41) is 37.5. The summed E-state index contributed by atoms with van der Waals surface area (Å²) in [6.07, 6.45) is 2.28. The van der Waals surface area contributed by atoms with E-state index in [1.165, 1.54) is 72.8 Å². The van der Waals surface area contributed by atoms with Crippen LogP contribution in [0.15, 0.2) is 153 Å². The van der Waals surface area contributed by atoms with Crippen molar-refractivity contribution >= 4 is 122 Å². The molecule has 6 aromatic carbocycles. The lowest BCUT2D eigenvalue weighted by molar-refractivity contribution is 0.477. The minimum atomic E-state index is -5.03. The molecule has 0 spiro atoms. The van der Waals surface area contributed by atoms with E-state index >= 15 is 0 Å². The second-order valence-electron chi connectivity index (χ2n) is 15.2. The molecule has 0 bridgehead atoms. The number of hydrogen-bond acceptors (Lipinski definition) is 22. The van der Waals surface area contributed by atoms with Gasteiger partial charge in [-0.3, -0.25) is 18.2 Å². The van der Waals surface area contributed by atoms with Crippen molar-refractivity contribution in [3.8, 4) is 11.5 Å². The minimum absolute atomic E-state index is 0.0231. The fourth-order valence-electron chi connectivity index (χ4n) is 6.60. The topological polar surface area (TPSA) is 407 Å². The lowest BCUT2D eigenvalue weighted by atomic mass is 10.1. The smallest absolute Gasteiger partial charge is 0.295 e. The fraction of sp³-hybridized carbons (Fsp3) is 0. The number of hydrogen-bond donors (Lipinski definition) is 12. The van der Waals surface area contributed by atoms with Gasteiger partial charge in [-0.05, 0) is 96.1 Å². The average molecular weight is 1090 g/mol. The molecule has 2 aromatic heterocycles. The van der Waals surface area contributed by atoms with Crippen LogP contribution < -0.4 is 31.9 Å². The maximum absolute atomic E-state index is 12.8. The second kappa shape index (κ2) is 20.7. The van der Waals surface area contributed by atoms with E-state index in [0.717, 1.165) is 48.6 Å². The molecular formula is C44H36N12O14S4. The third-order valence-corrected chi connectivity index (χ3v) is 13.4. The molecule has 380 valence electrons. The Morgan fingerprint density at radius 2 is 0.649 bits per heavy atom. The molecule has 0 fully saturated rings. The Morgan fingerprint density at radius 3 is 0.959 bits per heavy atom. The van der Waals surface area contributed by atoms with Crippen LogP contribution in [0.3, 0.4) is 0 Å². The van der Waals surface area contributed by atoms with Crippen molar-refractivity contribution in [1.82, 2.24) is 29.9 Å². The Labute approximate surface area is 420 Å². The van der Waals surface area contributed by atoms with Crippen molar-refractivity contribution in [1.29, 1.82) is 0 Å². The molecule has 26 nitrogen and oxygen atoms in total. The first kappa shape index (κ1) is 51.5. The summed E-state index contributed by atoms with van der Waals surface area (Å²) in [6, 6.07) is 29.4. The first-order valence-corrected chi connectivity index (χ1v) is 26.5. The molecule has 0 aliphatic heterocycles. The molecule has 2 heterocycles. The molecule has 0 atom stereocenters. The molecule has 8 rings (SSSR count). The van der Waals surface area contributed by atoms with E-state index in [0.29, 0.717) is 0 Å². The van der Waals surface area contributed by atoms with Gasteiger partial charge in [0.15, 0.2) is 0 Å². The van der Waals surface area contributed by atoms with Gasteiger partial charge >= 0.3 is 0 Å². The summed E-state index contributed by atoms with van der Waals surface area (Å²) in [6.45, 7) is 0. The van der Waals surface area contributed by atoms with Crippen molar-refractivity contribution in [3.63, 3.8) is 0 Å². The van der Waals surface area contributed by atoms with Crippen LogP contribution in [-0.2, 0) is 40.5 Å². The molecule has 0 amide bonds. The predicted octanol–water partition coefficient (Wildman–Crippen LogP) is 7.09. The zero-order valence-corrected chi connectivity index (χ0v) is 40.4. The number of benzene rings is 6. The molecule has 0 radical (unpaired) electrons. The number of nitrogens with one attached hydrogen (secondary N) is 6. The Morgan fingerprint density at radius 1 is 0.338 bits per heavy atom. The number of aromatic hydroxyl groups is 2.